The number of ether oxygens (including phenoxy) is 1. The first kappa shape index (κ1) is 14.3. The summed E-state index contributed by atoms with van der Waals surface area (Å²) in [6.45, 7) is 4.55. The van der Waals surface area contributed by atoms with Crippen LogP contribution in [0.1, 0.15) is 32.6 Å². The molecule has 6 heteroatoms. The van der Waals surface area contributed by atoms with Gasteiger partial charge in [-0.2, -0.15) is 4.98 Å². The quantitative estimate of drug-likeness (QED) is 0.841. The van der Waals surface area contributed by atoms with Crippen LogP contribution in [0.25, 0.3) is 0 Å². The Morgan fingerprint density at radius 1 is 1.42 bits per heavy atom. The maximum Gasteiger partial charge on any atom is 0.224 e. The Balaban J connectivity index is 1.90. The lowest BCUT2D eigenvalue weighted by atomic mass is 10.1. The minimum atomic E-state index is 0.256. The third-order valence-corrected chi connectivity index (χ3v) is 3.32. The average Bonchev–Trinajstić information content (AvgIpc) is 2.46. The topological polar surface area (TPSA) is 59.1 Å². The molecular weight excluding hydrogens is 264 g/mol. The number of hydrogen-bond acceptors (Lipinski definition) is 5. The number of anilines is 2. The van der Waals surface area contributed by atoms with E-state index < -0.39 is 0 Å². The lowest BCUT2D eigenvalue weighted by Gasteiger charge is -2.23. The summed E-state index contributed by atoms with van der Waals surface area (Å²) in [5.41, 5.74) is 0. The van der Waals surface area contributed by atoms with Crippen LogP contribution in [0, 0.1) is 0 Å². The SMILES string of the molecule is CCCNc1ncc(Cl)c(NCC2CCCCO2)n1. The summed E-state index contributed by atoms with van der Waals surface area (Å²) in [5, 5.41) is 6.94. The minimum absolute atomic E-state index is 0.256. The monoisotopic (exact) mass is 284 g/mol. The molecular formula is C13H21ClN4O. The van der Waals surface area contributed by atoms with Gasteiger partial charge in [0.1, 0.15) is 5.02 Å². The van der Waals surface area contributed by atoms with Crippen LogP contribution in [-0.4, -0.2) is 35.8 Å². The summed E-state index contributed by atoms with van der Waals surface area (Å²) in [4.78, 5) is 8.52. The van der Waals surface area contributed by atoms with Crippen LogP contribution in [0.2, 0.25) is 5.02 Å². The van der Waals surface area contributed by atoms with Crippen molar-refractivity contribution in [1.29, 1.82) is 0 Å². The summed E-state index contributed by atoms with van der Waals surface area (Å²) in [6, 6.07) is 0. The van der Waals surface area contributed by atoms with Gasteiger partial charge in [0, 0.05) is 19.7 Å². The largest absolute Gasteiger partial charge is 0.376 e. The zero-order valence-corrected chi connectivity index (χ0v) is 12.0. The smallest absolute Gasteiger partial charge is 0.224 e. The molecule has 0 bridgehead atoms. The van der Waals surface area contributed by atoms with Crippen molar-refractivity contribution in [1.82, 2.24) is 9.97 Å². The van der Waals surface area contributed by atoms with Crippen molar-refractivity contribution < 1.29 is 4.74 Å². The molecule has 1 unspecified atom stereocenters. The Kier molecular flexibility index (Phi) is 5.66. The van der Waals surface area contributed by atoms with Crippen molar-refractivity contribution in [3.8, 4) is 0 Å². The molecule has 1 aromatic rings. The van der Waals surface area contributed by atoms with Crippen LogP contribution in [0.3, 0.4) is 0 Å². The van der Waals surface area contributed by atoms with Gasteiger partial charge in [-0.15, -0.1) is 0 Å². The van der Waals surface area contributed by atoms with E-state index in [1.54, 1.807) is 6.20 Å². The zero-order chi connectivity index (χ0) is 13.5. The van der Waals surface area contributed by atoms with E-state index in [1.807, 2.05) is 0 Å². The molecule has 1 atom stereocenters. The van der Waals surface area contributed by atoms with E-state index in [0.717, 1.165) is 39.0 Å². The highest BCUT2D eigenvalue weighted by molar-refractivity contribution is 6.32. The highest BCUT2D eigenvalue weighted by atomic mass is 35.5. The molecule has 2 N–H and O–H groups in total. The lowest BCUT2D eigenvalue weighted by Crippen LogP contribution is -2.27. The van der Waals surface area contributed by atoms with E-state index >= 15 is 0 Å². The van der Waals surface area contributed by atoms with E-state index in [1.165, 1.54) is 6.42 Å². The first-order valence-electron chi connectivity index (χ1n) is 6.91. The van der Waals surface area contributed by atoms with Crippen molar-refractivity contribution in [2.75, 3.05) is 30.3 Å². The highest BCUT2D eigenvalue weighted by Gasteiger charge is 2.14. The lowest BCUT2D eigenvalue weighted by molar-refractivity contribution is 0.0247. The standard InChI is InChI=1S/C13H21ClN4O/c1-2-6-15-13-17-9-11(14)12(18-13)16-8-10-5-3-4-7-19-10/h9-10H,2-8H2,1H3,(H2,15,16,17,18). The summed E-state index contributed by atoms with van der Waals surface area (Å²) in [5.74, 6) is 1.28. The molecule has 2 rings (SSSR count). The van der Waals surface area contributed by atoms with Gasteiger partial charge in [0.05, 0.1) is 12.3 Å². The molecule has 0 amide bonds. The second-order valence-electron chi connectivity index (χ2n) is 4.69. The molecule has 1 saturated heterocycles. The molecule has 1 aliphatic rings. The number of hydrogen-bond donors (Lipinski definition) is 2. The summed E-state index contributed by atoms with van der Waals surface area (Å²) >= 11 is 6.09. The Bertz CT molecular complexity index is 396. The first-order valence-corrected chi connectivity index (χ1v) is 7.29. The second-order valence-corrected chi connectivity index (χ2v) is 5.09. The molecule has 0 radical (unpaired) electrons. The molecule has 106 valence electrons. The third kappa shape index (κ3) is 4.51. The predicted molar refractivity (Wildman–Crippen MR) is 77.9 cm³/mol. The van der Waals surface area contributed by atoms with Crippen LogP contribution in [-0.2, 0) is 4.74 Å². The molecule has 1 fully saturated rings. The fourth-order valence-corrected chi connectivity index (χ4v) is 2.15. The van der Waals surface area contributed by atoms with E-state index in [0.29, 0.717) is 16.8 Å². The molecule has 0 saturated carbocycles. The van der Waals surface area contributed by atoms with Gasteiger partial charge in [0.15, 0.2) is 5.82 Å². The van der Waals surface area contributed by atoms with E-state index in [2.05, 4.69) is 27.5 Å². The summed E-state index contributed by atoms with van der Waals surface area (Å²) < 4.78 is 5.67. The average molecular weight is 285 g/mol. The van der Waals surface area contributed by atoms with Gasteiger partial charge >= 0.3 is 0 Å². The molecule has 0 spiro atoms. The van der Waals surface area contributed by atoms with Gasteiger partial charge in [-0.3, -0.25) is 0 Å². The van der Waals surface area contributed by atoms with Crippen LogP contribution >= 0.6 is 11.6 Å². The van der Waals surface area contributed by atoms with Crippen LogP contribution in [0.15, 0.2) is 6.20 Å². The van der Waals surface area contributed by atoms with Gasteiger partial charge in [-0.1, -0.05) is 18.5 Å². The molecule has 0 aromatic carbocycles. The van der Waals surface area contributed by atoms with Gasteiger partial charge in [0.2, 0.25) is 5.95 Å². The third-order valence-electron chi connectivity index (χ3n) is 3.05. The summed E-state index contributed by atoms with van der Waals surface area (Å²) in [6.07, 6.45) is 6.40. The Morgan fingerprint density at radius 3 is 3.05 bits per heavy atom. The van der Waals surface area contributed by atoms with Gasteiger partial charge < -0.3 is 15.4 Å². The molecule has 5 nitrogen and oxygen atoms in total. The van der Waals surface area contributed by atoms with Crippen molar-refractivity contribution in [2.45, 2.75) is 38.7 Å². The maximum atomic E-state index is 6.09. The first-order chi connectivity index (χ1) is 9.29. The minimum Gasteiger partial charge on any atom is -0.376 e. The number of halogens is 1. The molecule has 1 aliphatic heterocycles. The second kappa shape index (κ2) is 7.50. The Labute approximate surface area is 119 Å². The number of nitrogens with one attached hydrogen (secondary N) is 2. The Morgan fingerprint density at radius 2 is 2.32 bits per heavy atom. The summed E-state index contributed by atoms with van der Waals surface area (Å²) in [7, 11) is 0. The number of rotatable bonds is 6. The fourth-order valence-electron chi connectivity index (χ4n) is 1.99. The van der Waals surface area contributed by atoms with Gasteiger partial charge in [-0.05, 0) is 25.7 Å². The van der Waals surface area contributed by atoms with Crippen LogP contribution in [0.4, 0.5) is 11.8 Å². The molecule has 2 heterocycles. The molecule has 0 aliphatic carbocycles. The predicted octanol–water partition coefficient (Wildman–Crippen LogP) is 2.93. The van der Waals surface area contributed by atoms with Crippen molar-refractivity contribution in [3.05, 3.63) is 11.2 Å². The van der Waals surface area contributed by atoms with Crippen molar-refractivity contribution >= 4 is 23.4 Å². The normalized spacial score (nSPS) is 19.2. The fraction of sp³-hybridized carbons (Fsp3) is 0.692. The molecule has 19 heavy (non-hydrogen) atoms. The van der Waals surface area contributed by atoms with Crippen molar-refractivity contribution in [3.63, 3.8) is 0 Å². The number of aromatic nitrogens is 2. The zero-order valence-electron chi connectivity index (χ0n) is 11.3. The van der Waals surface area contributed by atoms with Gasteiger partial charge in [-0.25, -0.2) is 4.98 Å². The Hall–Kier alpha value is -1.07. The molecule has 1 aromatic heterocycles. The van der Waals surface area contributed by atoms with Crippen LogP contribution in [0.5, 0.6) is 0 Å². The number of nitrogens with zero attached hydrogens (tertiary/aromatic N) is 2. The highest BCUT2D eigenvalue weighted by Crippen LogP contribution is 2.20. The van der Waals surface area contributed by atoms with E-state index in [-0.39, 0.29) is 6.10 Å². The van der Waals surface area contributed by atoms with Crippen molar-refractivity contribution in [2.24, 2.45) is 0 Å². The van der Waals surface area contributed by atoms with E-state index in [9.17, 15) is 0 Å². The maximum absolute atomic E-state index is 6.09. The van der Waals surface area contributed by atoms with Crippen LogP contribution < -0.4 is 10.6 Å². The van der Waals surface area contributed by atoms with Gasteiger partial charge in [0.25, 0.3) is 0 Å². The van der Waals surface area contributed by atoms with E-state index in [4.69, 9.17) is 16.3 Å².